The third kappa shape index (κ3) is 4.52. The fraction of sp³-hybridized carbons (Fsp3) is 0.462. The fourth-order valence-electron chi connectivity index (χ4n) is 2.02. The average molecular weight is 304 g/mol. The summed E-state index contributed by atoms with van der Waals surface area (Å²) >= 11 is 0. The molecular weight excluding hydrogens is 289 g/mol. The van der Waals surface area contributed by atoms with E-state index in [0.29, 0.717) is 26.1 Å². The molecular formula is C13H15F3N2O3. The molecule has 1 aromatic rings. The van der Waals surface area contributed by atoms with Crippen LogP contribution in [-0.2, 0) is 4.74 Å². The van der Waals surface area contributed by atoms with Crippen LogP contribution in [0.5, 0.6) is 5.75 Å². The molecule has 1 aliphatic rings. The van der Waals surface area contributed by atoms with Gasteiger partial charge in [0.25, 0.3) is 5.91 Å². The van der Waals surface area contributed by atoms with Gasteiger partial charge in [0.05, 0.1) is 5.69 Å². The van der Waals surface area contributed by atoms with E-state index in [1.54, 1.807) is 0 Å². The Morgan fingerprint density at radius 3 is 2.57 bits per heavy atom. The van der Waals surface area contributed by atoms with E-state index in [-0.39, 0.29) is 23.2 Å². The number of rotatable bonds is 3. The van der Waals surface area contributed by atoms with Crippen LogP contribution in [-0.4, -0.2) is 31.5 Å². The van der Waals surface area contributed by atoms with Gasteiger partial charge in [-0.1, -0.05) is 0 Å². The van der Waals surface area contributed by atoms with Gasteiger partial charge < -0.3 is 20.5 Å². The first-order valence-corrected chi connectivity index (χ1v) is 6.39. The van der Waals surface area contributed by atoms with Crippen molar-refractivity contribution in [2.75, 3.05) is 18.9 Å². The standard InChI is InChI=1S/C13H15F3N2O3/c14-13(15,16)21-11-2-1-8(7-10(11)17)12(19)18-9-3-5-20-6-4-9/h1-2,7,9H,3-6,17H2,(H,18,19). The lowest BCUT2D eigenvalue weighted by molar-refractivity contribution is -0.274. The molecule has 1 aromatic carbocycles. The SMILES string of the molecule is Nc1cc(C(=O)NC2CCOCC2)ccc1OC(F)(F)F. The number of nitrogens with one attached hydrogen (secondary N) is 1. The maximum Gasteiger partial charge on any atom is 0.573 e. The smallest absolute Gasteiger partial charge is 0.404 e. The highest BCUT2D eigenvalue weighted by Gasteiger charge is 2.32. The molecule has 1 aliphatic heterocycles. The number of anilines is 1. The van der Waals surface area contributed by atoms with Gasteiger partial charge in [0.2, 0.25) is 0 Å². The first-order valence-electron chi connectivity index (χ1n) is 6.39. The number of alkyl halides is 3. The summed E-state index contributed by atoms with van der Waals surface area (Å²) in [6.07, 6.45) is -3.41. The number of nitrogens with two attached hydrogens (primary N) is 1. The van der Waals surface area contributed by atoms with Crippen molar-refractivity contribution >= 4 is 11.6 Å². The predicted octanol–water partition coefficient (Wildman–Crippen LogP) is 2.08. The Morgan fingerprint density at radius 2 is 2.00 bits per heavy atom. The summed E-state index contributed by atoms with van der Waals surface area (Å²) in [5, 5.41) is 2.79. The molecule has 0 atom stereocenters. The molecule has 116 valence electrons. The molecule has 2 rings (SSSR count). The average Bonchev–Trinajstić information content (AvgIpc) is 2.40. The van der Waals surface area contributed by atoms with Gasteiger partial charge in [-0.05, 0) is 31.0 Å². The monoisotopic (exact) mass is 304 g/mol. The first-order chi connectivity index (χ1) is 9.85. The van der Waals surface area contributed by atoms with Crippen molar-refractivity contribution < 1.29 is 27.4 Å². The number of nitrogen functional groups attached to an aromatic ring is 1. The van der Waals surface area contributed by atoms with Crippen LogP contribution >= 0.6 is 0 Å². The van der Waals surface area contributed by atoms with E-state index >= 15 is 0 Å². The van der Waals surface area contributed by atoms with Crippen LogP contribution in [0.1, 0.15) is 23.2 Å². The third-order valence-electron chi connectivity index (χ3n) is 3.05. The van der Waals surface area contributed by atoms with E-state index in [2.05, 4.69) is 10.1 Å². The van der Waals surface area contributed by atoms with Gasteiger partial charge in [-0.3, -0.25) is 4.79 Å². The number of amides is 1. The molecule has 0 spiro atoms. The van der Waals surface area contributed by atoms with Crippen LogP contribution in [0, 0.1) is 0 Å². The number of hydrogen-bond donors (Lipinski definition) is 2. The van der Waals surface area contributed by atoms with Crippen LogP contribution in [0.25, 0.3) is 0 Å². The van der Waals surface area contributed by atoms with Crippen molar-refractivity contribution in [2.45, 2.75) is 25.2 Å². The minimum atomic E-state index is -4.82. The van der Waals surface area contributed by atoms with Crippen molar-refractivity contribution in [3.63, 3.8) is 0 Å². The number of hydrogen-bond acceptors (Lipinski definition) is 4. The van der Waals surface area contributed by atoms with E-state index in [0.717, 1.165) is 12.1 Å². The number of carbonyl (C=O) groups is 1. The van der Waals surface area contributed by atoms with Crippen molar-refractivity contribution in [3.05, 3.63) is 23.8 Å². The van der Waals surface area contributed by atoms with Crippen LogP contribution < -0.4 is 15.8 Å². The zero-order chi connectivity index (χ0) is 15.5. The van der Waals surface area contributed by atoms with Crippen molar-refractivity contribution in [2.24, 2.45) is 0 Å². The summed E-state index contributed by atoms with van der Waals surface area (Å²) in [6, 6.07) is 3.43. The molecule has 0 radical (unpaired) electrons. The maximum absolute atomic E-state index is 12.1. The highest BCUT2D eigenvalue weighted by molar-refractivity contribution is 5.95. The predicted molar refractivity (Wildman–Crippen MR) is 68.8 cm³/mol. The van der Waals surface area contributed by atoms with Crippen LogP contribution in [0.15, 0.2) is 18.2 Å². The second kappa shape index (κ2) is 6.21. The first kappa shape index (κ1) is 15.4. The number of ether oxygens (including phenoxy) is 2. The topological polar surface area (TPSA) is 73.6 Å². The van der Waals surface area contributed by atoms with Gasteiger partial charge >= 0.3 is 6.36 Å². The molecule has 1 saturated heterocycles. The fourth-order valence-corrected chi connectivity index (χ4v) is 2.02. The van der Waals surface area contributed by atoms with Gasteiger partial charge in [-0.15, -0.1) is 13.2 Å². The Morgan fingerprint density at radius 1 is 1.33 bits per heavy atom. The summed E-state index contributed by atoms with van der Waals surface area (Å²) < 4.78 is 45.3. The molecule has 0 aromatic heterocycles. The summed E-state index contributed by atoms with van der Waals surface area (Å²) in [6.45, 7) is 1.15. The van der Waals surface area contributed by atoms with Crippen molar-refractivity contribution in [1.82, 2.24) is 5.32 Å². The molecule has 1 heterocycles. The van der Waals surface area contributed by atoms with Gasteiger partial charge in [-0.25, -0.2) is 0 Å². The molecule has 5 nitrogen and oxygen atoms in total. The Kier molecular flexibility index (Phi) is 4.56. The minimum absolute atomic E-state index is 0.00132. The van der Waals surface area contributed by atoms with Gasteiger partial charge in [0.15, 0.2) is 5.75 Å². The summed E-state index contributed by atoms with van der Waals surface area (Å²) in [5.41, 5.74) is 5.42. The molecule has 1 amide bonds. The van der Waals surface area contributed by atoms with Gasteiger partial charge in [-0.2, -0.15) is 0 Å². The zero-order valence-corrected chi connectivity index (χ0v) is 11.1. The molecule has 0 bridgehead atoms. The molecule has 21 heavy (non-hydrogen) atoms. The van der Waals surface area contributed by atoms with Crippen LogP contribution in [0.3, 0.4) is 0 Å². The third-order valence-corrected chi connectivity index (χ3v) is 3.05. The van der Waals surface area contributed by atoms with Crippen LogP contribution in [0.4, 0.5) is 18.9 Å². The van der Waals surface area contributed by atoms with Gasteiger partial charge in [0, 0.05) is 24.8 Å². The Hall–Kier alpha value is -1.96. The lowest BCUT2D eigenvalue weighted by Crippen LogP contribution is -2.38. The lowest BCUT2D eigenvalue weighted by Gasteiger charge is -2.23. The second-order valence-electron chi connectivity index (χ2n) is 4.66. The van der Waals surface area contributed by atoms with Crippen LogP contribution in [0.2, 0.25) is 0 Å². The van der Waals surface area contributed by atoms with E-state index in [4.69, 9.17) is 10.5 Å². The summed E-state index contributed by atoms with van der Waals surface area (Å²) in [4.78, 5) is 12.0. The largest absolute Gasteiger partial charge is 0.573 e. The van der Waals surface area contributed by atoms with Crippen molar-refractivity contribution in [3.8, 4) is 5.75 Å². The number of carbonyl (C=O) groups excluding carboxylic acids is 1. The molecule has 0 saturated carbocycles. The summed E-state index contributed by atoms with van der Waals surface area (Å²) in [5.74, 6) is -0.905. The highest BCUT2D eigenvalue weighted by atomic mass is 19.4. The maximum atomic E-state index is 12.1. The van der Waals surface area contributed by atoms with Gasteiger partial charge in [0.1, 0.15) is 0 Å². The normalized spacial score (nSPS) is 16.5. The Labute approximate surface area is 119 Å². The number of halogens is 3. The highest BCUT2D eigenvalue weighted by Crippen LogP contribution is 2.29. The molecule has 3 N–H and O–H groups in total. The van der Waals surface area contributed by atoms with E-state index < -0.39 is 12.1 Å². The van der Waals surface area contributed by atoms with E-state index in [9.17, 15) is 18.0 Å². The summed E-state index contributed by atoms with van der Waals surface area (Å²) in [7, 11) is 0. The number of benzene rings is 1. The lowest BCUT2D eigenvalue weighted by atomic mass is 10.1. The molecule has 0 unspecified atom stereocenters. The molecule has 8 heteroatoms. The molecule has 1 fully saturated rings. The molecule has 0 aliphatic carbocycles. The quantitative estimate of drug-likeness (QED) is 0.839. The minimum Gasteiger partial charge on any atom is -0.404 e. The van der Waals surface area contributed by atoms with E-state index in [1.165, 1.54) is 6.07 Å². The Balaban J connectivity index is 2.03. The van der Waals surface area contributed by atoms with Crippen molar-refractivity contribution in [1.29, 1.82) is 0 Å². The zero-order valence-electron chi connectivity index (χ0n) is 11.1. The van der Waals surface area contributed by atoms with E-state index in [1.807, 2.05) is 0 Å². The second-order valence-corrected chi connectivity index (χ2v) is 4.66. The Bertz CT molecular complexity index is 514.